The molecule has 1 aromatic heterocycles. The van der Waals surface area contributed by atoms with Gasteiger partial charge in [-0.15, -0.1) is 0 Å². The van der Waals surface area contributed by atoms with Crippen molar-refractivity contribution in [3.05, 3.63) is 28.5 Å². The van der Waals surface area contributed by atoms with Gasteiger partial charge in [-0.1, -0.05) is 0 Å². The van der Waals surface area contributed by atoms with E-state index in [2.05, 4.69) is 20.9 Å². The summed E-state index contributed by atoms with van der Waals surface area (Å²) < 4.78 is 6.44. The summed E-state index contributed by atoms with van der Waals surface area (Å²) in [6.07, 6.45) is 6.76. The molecule has 1 aromatic rings. The maximum atomic E-state index is 10.0. The highest BCUT2D eigenvalue weighted by Gasteiger charge is 2.17. The molecule has 1 aliphatic rings. The zero-order valence-electron chi connectivity index (χ0n) is 9.81. The fraction of sp³-hybridized carbons (Fsp3) is 0.615. The zero-order valence-corrected chi connectivity index (χ0v) is 11.4. The summed E-state index contributed by atoms with van der Waals surface area (Å²) in [5, 5.41) is 10.0. The van der Waals surface area contributed by atoms with Crippen LogP contribution in [0, 0.1) is 0 Å². The number of aromatic nitrogens is 1. The van der Waals surface area contributed by atoms with Gasteiger partial charge in [0.1, 0.15) is 0 Å². The second-order valence-electron chi connectivity index (χ2n) is 4.45. The van der Waals surface area contributed by atoms with Gasteiger partial charge in [0.05, 0.1) is 17.9 Å². The monoisotopic (exact) mass is 299 g/mol. The predicted molar refractivity (Wildman–Crippen MR) is 69.7 cm³/mol. The van der Waals surface area contributed by atoms with E-state index in [0.29, 0.717) is 6.10 Å². The van der Waals surface area contributed by atoms with E-state index in [9.17, 15) is 5.11 Å². The fourth-order valence-corrected chi connectivity index (χ4v) is 2.71. The smallest absolute Gasteiger partial charge is 0.0971 e. The molecule has 0 spiro atoms. The molecular weight excluding hydrogens is 282 g/mol. The van der Waals surface area contributed by atoms with Gasteiger partial charge in [-0.2, -0.15) is 0 Å². The van der Waals surface area contributed by atoms with Crippen molar-refractivity contribution in [3.63, 3.8) is 0 Å². The first-order valence-electron chi connectivity index (χ1n) is 6.17. The lowest BCUT2D eigenvalue weighted by Crippen LogP contribution is -2.07. The van der Waals surface area contributed by atoms with Crippen LogP contribution in [0.5, 0.6) is 0 Å². The van der Waals surface area contributed by atoms with E-state index in [0.717, 1.165) is 36.0 Å². The van der Waals surface area contributed by atoms with Crippen molar-refractivity contribution in [2.24, 2.45) is 0 Å². The summed E-state index contributed by atoms with van der Waals surface area (Å²) in [6, 6.07) is 3.76. The Balaban J connectivity index is 1.77. The molecule has 3 nitrogen and oxygen atoms in total. The van der Waals surface area contributed by atoms with Crippen molar-refractivity contribution >= 4 is 15.9 Å². The number of aliphatic hydroxyl groups is 1. The molecule has 0 saturated carbocycles. The standard InChI is InChI=1S/C13H18BrNO2/c14-11-6-2-8-15-13(11)12(16)7-1-4-10-5-3-9-17-10/h2,6,8,10,12,16H,1,3-5,7,9H2. The van der Waals surface area contributed by atoms with Crippen LogP contribution >= 0.6 is 15.9 Å². The van der Waals surface area contributed by atoms with Crippen LogP contribution in [0.4, 0.5) is 0 Å². The minimum Gasteiger partial charge on any atom is -0.387 e. The molecule has 1 aliphatic heterocycles. The molecule has 0 aromatic carbocycles. The first-order chi connectivity index (χ1) is 8.27. The number of rotatable bonds is 5. The molecular formula is C13H18BrNO2. The van der Waals surface area contributed by atoms with E-state index in [4.69, 9.17) is 4.74 Å². The molecule has 1 N–H and O–H groups in total. The van der Waals surface area contributed by atoms with Crippen LogP contribution in [0.25, 0.3) is 0 Å². The van der Waals surface area contributed by atoms with Crippen LogP contribution in [0.1, 0.15) is 43.9 Å². The summed E-state index contributed by atoms with van der Waals surface area (Å²) >= 11 is 3.41. The van der Waals surface area contributed by atoms with Crippen LogP contribution in [0.15, 0.2) is 22.8 Å². The summed E-state index contributed by atoms with van der Waals surface area (Å²) in [7, 11) is 0. The van der Waals surface area contributed by atoms with Crippen LogP contribution in [0.2, 0.25) is 0 Å². The lowest BCUT2D eigenvalue weighted by Gasteiger charge is -2.13. The summed E-state index contributed by atoms with van der Waals surface area (Å²) in [5.74, 6) is 0. The lowest BCUT2D eigenvalue weighted by atomic mass is 10.0. The normalized spacial score (nSPS) is 21.6. The molecule has 2 atom stereocenters. The maximum absolute atomic E-state index is 10.0. The average Bonchev–Trinajstić information content (AvgIpc) is 2.82. The molecule has 2 rings (SSSR count). The number of halogens is 1. The first-order valence-corrected chi connectivity index (χ1v) is 6.97. The Kier molecular flexibility index (Phi) is 4.95. The Morgan fingerprint density at radius 1 is 1.59 bits per heavy atom. The van der Waals surface area contributed by atoms with Crippen molar-refractivity contribution < 1.29 is 9.84 Å². The van der Waals surface area contributed by atoms with E-state index in [1.165, 1.54) is 12.8 Å². The van der Waals surface area contributed by atoms with Gasteiger partial charge in [-0.25, -0.2) is 0 Å². The van der Waals surface area contributed by atoms with Gasteiger partial charge in [-0.3, -0.25) is 4.98 Å². The molecule has 2 unspecified atom stereocenters. The number of hydrogen-bond donors (Lipinski definition) is 1. The van der Waals surface area contributed by atoms with Crippen LogP contribution in [-0.2, 0) is 4.74 Å². The third-order valence-electron chi connectivity index (χ3n) is 3.13. The summed E-state index contributed by atoms with van der Waals surface area (Å²) in [5.41, 5.74) is 0.736. The van der Waals surface area contributed by atoms with Gasteiger partial charge in [0.15, 0.2) is 0 Å². The Bertz CT molecular complexity index is 353. The topological polar surface area (TPSA) is 42.4 Å². The van der Waals surface area contributed by atoms with E-state index >= 15 is 0 Å². The van der Waals surface area contributed by atoms with Gasteiger partial charge >= 0.3 is 0 Å². The Morgan fingerprint density at radius 3 is 3.18 bits per heavy atom. The molecule has 0 amide bonds. The molecule has 0 radical (unpaired) electrons. The zero-order chi connectivity index (χ0) is 12.1. The van der Waals surface area contributed by atoms with Crippen LogP contribution in [0.3, 0.4) is 0 Å². The van der Waals surface area contributed by atoms with Gasteiger partial charge in [0, 0.05) is 17.3 Å². The molecule has 0 bridgehead atoms. The lowest BCUT2D eigenvalue weighted by molar-refractivity contribution is 0.0938. The number of ether oxygens (including phenoxy) is 1. The van der Waals surface area contributed by atoms with Gasteiger partial charge in [0.25, 0.3) is 0 Å². The summed E-state index contributed by atoms with van der Waals surface area (Å²) in [4.78, 5) is 4.20. The minimum absolute atomic E-state index is 0.411. The van der Waals surface area contributed by atoms with Gasteiger partial charge < -0.3 is 9.84 Å². The predicted octanol–water partition coefficient (Wildman–Crippen LogP) is 3.23. The van der Waals surface area contributed by atoms with Crippen molar-refractivity contribution in [1.29, 1.82) is 0 Å². The van der Waals surface area contributed by atoms with Gasteiger partial charge in [0.2, 0.25) is 0 Å². The first kappa shape index (κ1) is 13.0. The van der Waals surface area contributed by atoms with Crippen molar-refractivity contribution in [3.8, 4) is 0 Å². The quantitative estimate of drug-likeness (QED) is 0.908. The van der Waals surface area contributed by atoms with Crippen molar-refractivity contribution in [2.75, 3.05) is 6.61 Å². The van der Waals surface area contributed by atoms with E-state index in [1.54, 1.807) is 6.20 Å². The minimum atomic E-state index is -0.480. The molecule has 4 heteroatoms. The Labute approximate surface area is 110 Å². The van der Waals surface area contributed by atoms with Crippen LogP contribution < -0.4 is 0 Å². The SMILES string of the molecule is OC(CCCC1CCCO1)c1ncccc1Br. The second-order valence-corrected chi connectivity index (χ2v) is 5.31. The molecule has 94 valence electrons. The number of aliphatic hydroxyl groups excluding tert-OH is 1. The fourth-order valence-electron chi connectivity index (χ4n) is 2.19. The van der Waals surface area contributed by atoms with Crippen LogP contribution in [-0.4, -0.2) is 22.8 Å². The van der Waals surface area contributed by atoms with E-state index in [-0.39, 0.29) is 0 Å². The van der Waals surface area contributed by atoms with Crippen molar-refractivity contribution in [2.45, 2.75) is 44.3 Å². The Morgan fingerprint density at radius 2 is 2.47 bits per heavy atom. The highest BCUT2D eigenvalue weighted by Crippen LogP contribution is 2.26. The Hall–Kier alpha value is -0.450. The number of pyridine rings is 1. The second kappa shape index (κ2) is 6.47. The maximum Gasteiger partial charge on any atom is 0.0971 e. The largest absolute Gasteiger partial charge is 0.387 e. The number of nitrogens with zero attached hydrogens (tertiary/aromatic N) is 1. The van der Waals surface area contributed by atoms with E-state index < -0.39 is 6.10 Å². The average molecular weight is 300 g/mol. The van der Waals surface area contributed by atoms with E-state index in [1.807, 2.05) is 12.1 Å². The molecule has 0 aliphatic carbocycles. The molecule has 2 heterocycles. The molecule has 17 heavy (non-hydrogen) atoms. The molecule has 1 fully saturated rings. The molecule has 1 saturated heterocycles. The van der Waals surface area contributed by atoms with Crippen molar-refractivity contribution in [1.82, 2.24) is 4.98 Å². The highest BCUT2D eigenvalue weighted by atomic mass is 79.9. The van der Waals surface area contributed by atoms with Gasteiger partial charge in [-0.05, 0) is 60.2 Å². The summed E-state index contributed by atoms with van der Waals surface area (Å²) in [6.45, 7) is 0.902. The third kappa shape index (κ3) is 3.76. The number of hydrogen-bond acceptors (Lipinski definition) is 3. The third-order valence-corrected chi connectivity index (χ3v) is 3.80. The highest BCUT2D eigenvalue weighted by molar-refractivity contribution is 9.10.